The maximum Gasteiger partial charge on any atom is 0.258 e. The average Bonchev–Trinajstić information content (AvgIpc) is 3.43. The van der Waals surface area contributed by atoms with E-state index in [1.54, 1.807) is 18.2 Å². The summed E-state index contributed by atoms with van der Waals surface area (Å²) in [5.41, 5.74) is -0.189. The van der Waals surface area contributed by atoms with E-state index in [-0.39, 0.29) is 28.4 Å². The zero-order chi connectivity index (χ0) is 39.8. The number of hydrogen-bond donors (Lipinski definition) is 3. The Labute approximate surface area is 255 Å². The first kappa shape index (κ1) is 15.8. The number of aromatic amines is 1. The summed E-state index contributed by atoms with van der Waals surface area (Å²) in [5.74, 6) is -2.42. The molecule has 0 aliphatic carbocycles. The third-order valence-electron chi connectivity index (χ3n) is 6.64. The number of anilines is 3. The lowest BCUT2D eigenvalue weighted by Gasteiger charge is -2.34. The lowest BCUT2D eigenvalue weighted by atomic mass is 10.0. The lowest BCUT2D eigenvalue weighted by molar-refractivity contribution is 0.0904. The van der Waals surface area contributed by atoms with E-state index in [2.05, 4.69) is 20.8 Å². The monoisotopic (exact) mass is 573 g/mol. The normalized spacial score (nSPS) is 26.6. The van der Waals surface area contributed by atoms with Gasteiger partial charge in [0.25, 0.3) is 5.91 Å². The Balaban J connectivity index is 1.44. The molecule has 0 radical (unpaired) electrons. The van der Waals surface area contributed by atoms with Crippen molar-refractivity contribution in [3.05, 3.63) is 82.9 Å². The molecule has 10 heteroatoms. The first-order valence-electron chi connectivity index (χ1n) is 19.3. The summed E-state index contributed by atoms with van der Waals surface area (Å²) in [6.07, 6.45) is 0.889. The molecule has 6 rings (SSSR count). The van der Waals surface area contributed by atoms with Gasteiger partial charge in [0.05, 0.1) is 19.3 Å². The molecule has 0 bridgehead atoms. The van der Waals surface area contributed by atoms with Gasteiger partial charge in [-0.1, -0.05) is 6.07 Å². The maximum atomic E-state index is 14.0. The fourth-order valence-corrected chi connectivity index (χ4v) is 4.65. The highest BCUT2D eigenvalue weighted by Crippen LogP contribution is 2.29. The first-order chi connectivity index (χ1) is 25.0. The van der Waals surface area contributed by atoms with Gasteiger partial charge in [0.2, 0.25) is 0 Å². The molecule has 3 N–H and O–H groups in total. The number of amides is 1. The number of carbonyl (C=O) groups excluding carboxylic acids is 1. The average molecular weight is 574 g/mol. The van der Waals surface area contributed by atoms with E-state index < -0.39 is 79.2 Å². The van der Waals surface area contributed by atoms with Crippen LogP contribution in [0.15, 0.2) is 54.5 Å². The van der Waals surface area contributed by atoms with Crippen molar-refractivity contribution in [1.29, 1.82) is 0 Å². The van der Waals surface area contributed by atoms with Crippen molar-refractivity contribution in [1.82, 2.24) is 15.1 Å². The van der Waals surface area contributed by atoms with Gasteiger partial charge in [-0.25, -0.2) is 8.78 Å². The summed E-state index contributed by atoms with van der Waals surface area (Å²) >= 11 is 0. The Bertz CT molecular complexity index is 2060. The topological polar surface area (TPSA) is 85.5 Å². The molecule has 41 heavy (non-hydrogen) atoms. The zero-order valence-electron chi connectivity index (χ0n) is 34.6. The van der Waals surface area contributed by atoms with Crippen molar-refractivity contribution in [3.63, 3.8) is 0 Å². The van der Waals surface area contributed by atoms with E-state index >= 15 is 0 Å². The number of H-pyrrole nitrogens is 1. The van der Waals surface area contributed by atoms with Crippen LogP contribution in [0.25, 0.3) is 10.9 Å². The van der Waals surface area contributed by atoms with Crippen LogP contribution in [-0.4, -0.2) is 73.2 Å². The Morgan fingerprint density at radius 2 is 1.90 bits per heavy atom. The van der Waals surface area contributed by atoms with Gasteiger partial charge in [0.1, 0.15) is 11.6 Å². The van der Waals surface area contributed by atoms with E-state index in [1.165, 1.54) is 12.1 Å². The first-order valence-corrected chi connectivity index (χ1v) is 12.8. The zero-order valence-corrected chi connectivity index (χ0v) is 21.6. The van der Waals surface area contributed by atoms with Gasteiger partial charge in [-0.2, -0.15) is 5.10 Å². The van der Waals surface area contributed by atoms with E-state index in [1.807, 2.05) is 0 Å². The van der Waals surface area contributed by atoms with Crippen molar-refractivity contribution in [2.75, 3.05) is 61.7 Å². The van der Waals surface area contributed by atoms with Crippen molar-refractivity contribution in [2.45, 2.75) is 25.3 Å². The number of ether oxygens (including phenoxy) is 1. The molecule has 4 aromatic rings. The van der Waals surface area contributed by atoms with Gasteiger partial charge in [-0.15, -0.1) is 0 Å². The molecule has 2 aliphatic heterocycles. The highest BCUT2D eigenvalue weighted by molar-refractivity contribution is 6.11. The molecule has 0 saturated carbocycles. The third-order valence-corrected chi connectivity index (χ3v) is 6.64. The number of piperazine rings is 1. The van der Waals surface area contributed by atoms with E-state index in [0.717, 1.165) is 12.1 Å². The number of hydrogen-bond acceptors (Lipinski definition) is 6. The molecule has 1 amide bonds. The molecule has 2 saturated heterocycles. The van der Waals surface area contributed by atoms with Crippen molar-refractivity contribution in [3.8, 4) is 0 Å². The minimum absolute atomic E-state index is 0.00345. The van der Waals surface area contributed by atoms with Crippen LogP contribution in [0.5, 0.6) is 0 Å². The largest absolute Gasteiger partial charge is 0.381 e. The number of benzene rings is 3. The molecule has 2 fully saturated rings. The highest BCUT2D eigenvalue weighted by atomic mass is 19.1. The highest BCUT2D eigenvalue weighted by Gasteiger charge is 2.22. The predicted molar refractivity (Wildman–Crippen MR) is 157 cm³/mol. The van der Waals surface area contributed by atoms with Crippen LogP contribution < -0.4 is 15.5 Å². The number of likely N-dealkylation sites (N-methyl/N-ethyl adjacent to an activating group) is 1. The smallest absolute Gasteiger partial charge is 0.258 e. The second kappa shape index (κ2) is 11.8. The van der Waals surface area contributed by atoms with Crippen molar-refractivity contribution in [2.24, 2.45) is 0 Å². The Morgan fingerprint density at radius 3 is 2.66 bits per heavy atom. The quantitative estimate of drug-likeness (QED) is 0.288. The Kier molecular flexibility index (Phi) is 4.57. The van der Waals surface area contributed by atoms with Gasteiger partial charge < -0.3 is 25.2 Å². The van der Waals surface area contributed by atoms with Crippen LogP contribution in [0.4, 0.5) is 26.0 Å². The van der Waals surface area contributed by atoms with Crippen molar-refractivity contribution < 1.29 is 36.1 Å². The minimum atomic E-state index is -3.76. The summed E-state index contributed by atoms with van der Waals surface area (Å²) < 4.78 is 143. The molecule has 2 aliphatic rings. The van der Waals surface area contributed by atoms with Crippen LogP contribution >= 0.6 is 0 Å². The number of nitrogens with one attached hydrogen (secondary N) is 3. The van der Waals surface area contributed by atoms with Crippen LogP contribution in [0.3, 0.4) is 0 Å². The minimum Gasteiger partial charge on any atom is -0.381 e. The number of nitrogens with zero attached hydrogens (tertiary/aromatic N) is 3. The van der Waals surface area contributed by atoms with Crippen LogP contribution in [0.1, 0.15) is 52.1 Å². The van der Waals surface area contributed by atoms with Gasteiger partial charge in [0.15, 0.2) is 5.82 Å². The molecule has 214 valence electrons. The molecule has 0 atom stereocenters. The fourth-order valence-electron chi connectivity index (χ4n) is 4.65. The summed E-state index contributed by atoms with van der Waals surface area (Å²) in [6.45, 7) is -18.0. The van der Waals surface area contributed by atoms with Gasteiger partial charge >= 0.3 is 0 Å². The summed E-state index contributed by atoms with van der Waals surface area (Å²) in [4.78, 5) is 13.5. The molecule has 0 spiro atoms. The standard InChI is InChI=1S/C31H34F2N6O2/c1-38-8-10-39(11-9-38)25-3-4-26(29(19-25)34-24-6-12-41-13-7-24)31(40)35-30-27-17-20(2-5-28(27)36-37-30)14-21-15-22(32)18-23(33)16-21/h2-5,15-19,24,34H,6-14H2,1H3,(H2,35,36,37,40)/i1D3,3D,8D2,9D2,10D2,11D2,19D. The molecular weight excluding hydrogens is 526 g/mol. The SMILES string of the molecule is [2H]c1cc(C(=O)Nc2n[nH]c3ccc(Cc4cc(F)cc(F)c4)cc23)c(NC2CCOCC2)c([2H])c1N1C([2H])([2H])C([2H])([2H])N(C([2H])([2H])[2H])C([2H])([2H])C1([2H])[2H]. The fraction of sp³-hybridized carbons (Fsp3) is 0.355. The Morgan fingerprint density at radius 1 is 1.12 bits per heavy atom. The van der Waals surface area contributed by atoms with Gasteiger partial charge in [-0.05, 0) is 79.8 Å². The molecular formula is C31H34F2N6O2. The van der Waals surface area contributed by atoms with E-state index in [0.29, 0.717) is 48.1 Å². The lowest BCUT2D eigenvalue weighted by Crippen LogP contribution is -2.44. The molecule has 0 unspecified atom stereocenters. The molecule has 8 nitrogen and oxygen atoms in total. The Hall–Kier alpha value is -4.02. The van der Waals surface area contributed by atoms with E-state index in [9.17, 15) is 14.9 Å². The van der Waals surface area contributed by atoms with Crippen molar-refractivity contribution >= 4 is 34.0 Å². The second-order valence-electron chi connectivity index (χ2n) is 9.56. The van der Waals surface area contributed by atoms with Crippen LogP contribution in [0, 0.1) is 11.6 Å². The number of carbonyl (C=O) groups is 1. The van der Waals surface area contributed by atoms with E-state index in [4.69, 9.17) is 21.2 Å². The number of rotatable bonds is 7. The number of fused-ring (bicyclic) bond motifs is 1. The molecule has 1 aromatic heterocycles. The maximum absolute atomic E-state index is 14.0. The van der Waals surface area contributed by atoms with Crippen LogP contribution in [0.2, 0.25) is 0 Å². The molecule has 3 heterocycles. The predicted octanol–water partition coefficient (Wildman–Crippen LogP) is 5.03. The number of halogens is 2. The summed E-state index contributed by atoms with van der Waals surface area (Å²) in [6, 6.07) is 6.80. The summed E-state index contributed by atoms with van der Waals surface area (Å²) in [7, 11) is 0. The molecule has 3 aromatic carbocycles. The van der Waals surface area contributed by atoms with Gasteiger partial charge in [0, 0.05) is 77.7 Å². The van der Waals surface area contributed by atoms with Gasteiger partial charge in [-0.3, -0.25) is 9.89 Å². The second-order valence-corrected chi connectivity index (χ2v) is 9.56. The number of aromatic nitrogens is 2. The van der Waals surface area contributed by atoms with Crippen LogP contribution in [-0.2, 0) is 11.2 Å². The third kappa shape index (κ3) is 6.34. The summed E-state index contributed by atoms with van der Waals surface area (Å²) in [5, 5.41) is 13.0.